The lowest BCUT2D eigenvalue weighted by Gasteiger charge is -2.09. The molecule has 0 unspecified atom stereocenters. The quantitative estimate of drug-likeness (QED) is 0.604. The highest BCUT2D eigenvalue weighted by Crippen LogP contribution is 2.27. The molecule has 5 nitrogen and oxygen atoms in total. The summed E-state index contributed by atoms with van der Waals surface area (Å²) in [6, 6.07) is 17.7. The van der Waals surface area contributed by atoms with Gasteiger partial charge in [0.25, 0.3) is 0 Å². The number of nitriles is 1. The van der Waals surface area contributed by atoms with Gasteiger partial charge in [-0.1, -0.05) is 17.7 Å². The van der Waals surface area contributed by atoms with Crippen LogP contribution in [0.5, 0.6) is 17.2 Å². The van der Waals surface area contributed by atoms with Gasteiger partial charge >= 0.3 is 10.1 Å². The first-order valence-corrected chi connectivity index (χ1v) is 9.27. The number of hydrogen-bond acceptors (Lipinski definition) is 5. The molecule has 0 fully saturated rings. The molecule has 27 heavy (non-hydrogen) atoms. The van der Waals surface area contributed by atoms with Gasteiger partial charge in [-0.05, 0) is 61.5 Å². The van der Waals surface area contributed by atoms with Crippen molar-refractivity contribution in [2.75, 3.05) is 0 Å². The third-order valence-corrected chi connectivity index (χ3v) is 4.89. The molecule has 136 valence electrons. The second kappa shape index (κ2) is 7.48. The van der Waals surface area contributed by atoms with Gasteiger partial charge in [-0.15, -0.1) is 0 Å². The Morgan fingerprint density at radius 1 is 0.926 bits per heavy atom. The molecule has 0 aliphatic carbocycles. The van der Waals surface area contributed by atoms with E-state index in [0.29, 0.717) is 5.75 Å². The second-order valence-corrected chi connectivity index (χ2v) is 7.23. The van der Waals surface area contributed by atoms with E-state index >= 15 is 0 Å². The summed E-state index contributed by atoms with van der Waals surface area (Å²) in [6.07, 6.45) is 0. The average Bonchev–Trinajstić information content (AvgIpc) is 2.65. The summed E-state index contributed by atoms with van der Waals surface area (Å²) < 4.78 is 48.9. The molecule has 0 saturated carbocycles. The molecule has 3 aromatic rings. The van der Waals surface area contributed by atoms with Crippen molar-refractivity contribution in [3.63, 3.8) is 0 Å². The van der Waals surface area contributed by atoms with E-state index in [4.69, 9.17) is 14.2 Å². The fourth-order valence-corrected chi connectivity index (χ4v) is 3.15. The van der Waals surface area contributed by atoms with Gasteiger partial charge in [0.15, 0.2) is 11.6 Å². The number of hydrogen-bond donors (Lipinski definition) is 0. The zero-order valence-corrected chi connectivity index (χ0v) is 15.0. The lowest BCUT2D eigenvalue weighted by Crippen LogP contribution is -2.09. The summed E-state index contributed by atoms with van der Waals surface area (Å²) in [4.78, 5) is 0.0491. The van der Waals surface area contributed by atoms with Gasteiger partial charge in [0.05, 0.1) is 11.6 Å². The molecule has 0 aromatic heterocycles. The fourth-order valence-electron chi connectivity index (χ4n) is 2.22. The first-order chi connectivity index (χ1) is 12.9. The van der Waals surface area contributed by atoms with E-state index in [1.807, 2.05) is 13.0 Å². The summed E-state index contributed by atoms with van der Waals surface area (Å²) in [5.41, 5.74) is 1.12. The van der Waals surface area contributed by atoms with Gasteiger partial charge in [-0.25, -0.2) is 4.39 Å². The van der Waals surface area contributed by atoms with E-state index in [9.17, 15) is 12.8 Å². The zero-order chi connectivity index (χ0) is 19.4. The lowest BCUT2D eigenvalue weighted by atomic mass is 10.2. The molecule has 0 spiro atoms. The van der Waals surface area contributed by atoms with E-state index in [-0.39, 0.29) is 22.0 Å². The topological polar surface area (TPSA) is 76.4 Å². The minimum atomic E-state index is -3.95. The molecule has 0 N–H and O–H groups in total. The van der Waals surface area contributed by atoms with Crippen LogP contribution in [0.2, 0.25) is 0 Å². The largest absolute Gasteiger partial charge is 0.454 e. The minimum Gasteiger partial charge on any atom is -0.454 e. The third-order valence-electron chi connectivity index (χ3n) is 3.63. The van der Waals surface area contributed by atoms with Crippen molar-refractivity contribution in [2.45, 2.75) is 11.8 Å². The van der Waals surface area contributed by atoms with Crippen LogP contribution in [0.4, 0.5) is 4.39 Å². The number of aryl methyl sites for hydroxylation is 1. The minimum absolute atomic E-state index is 0.0463. The van der Waals surface area contributed by atoms with Crippen LogP contribution in [0.15, 0.2) is 71.6 Å². The molecule has 0 aliphatic rings. The highest BCUT2D eigenvalue weighted by atomic mass is 32.2. The van der Waals surface area contributed by atoms with Crippen LogP contribution in [0.1, 0.15) is 11.1 Å². The summed E-state index contributed by atoms with van der Waals surface area (Å²) in [6.45, 7) is 1.85. The zero-order valence-electron chi connectivity index (χ0n) is 14.2. The van der Waals surface area contributed by atoms with E-state index in [0.717, 1.165) is 11.6 Å². The van der Waals surface area contributed by atoms with Crippen LogP contribution in [-0.4, -0.2) is 8.42 Å². The number of nitrogens with zero attached hydrogens (tertiary/aromatic N) is 1. The molecular weight excluding hydrogens is 369 g/mol. The van der Waals surface area contributed by atoms with Gasteiger partial charge in [-0.3, -0.25) is 0 Å². The summed E-state index contributed by atoms with van der Waals surface area (Å²) in [7, 11) is -3.95. The Kier molecular flexibility index (Phi) is 5.10. The Hall–Kier alpha value is -3.37. The van der Waals surface area contributed by atoms with Crippen molar-refractivity contribution in [1.82, 2.24) is 0 Å². The number of rotatable bonds is 5. The van der Waals surface area contributed by atoms with Crippen LogP contribution < -0.4 is 8.92 Å². The molecule has 0 aliphatic heterocycles. The van der Waals surface area contributed by atoms with Crippen LogP contribution in [0.3, 0.4) is 0 Å². The van der Waals surface area contributed by atoms with E-state index < -0.39 is 15.9 Å². The van der Waals surface area contributed by atoms with Crippen LogP contribution >= 0.6 is 0 Å². The van der Waals surface area contributed by atoms with Gasteiger partial charge in [0, 0.05) is 0 Å². The standard InChI is InChI=1S/C20H14FNO4S/c1-14-2-9-18(10-3-14)27(23,24)26-17-7-5-16(6-8-17)25-20-11-4-15(13-22)12-19(20)21/h2-12H,1H3. The number of ether oxygens (including phenoxy) is 1. The monoisotopic (exact) mass is 383 g/mol. The SMILES string of the molecule is Cc1ccc(S(=O)(=O)Oc2ccc(Oc3ccc(C#N)cc3F)cc2)cc1. The maximum Gasteiger partial charge on any atom is 0.339 e. The normalized spacial score (nSPS) is 10.9. The van der Waals surface area contributed by atoms with Crippen LogP contribution in [-0.2, 0) is 10.1 Å². The molecule has 0 saturated heterocycles. The summed E-state index contributed by atoms with van der Waals surface area (Å²) in [5.74, 6) is -0.326. The van der Waals surface area contributed by atoms with Crippen LogP contribution in [0.25, 0.3) is 0 Å². The summed E-state index contributed by atoms with van der Waals surface area (Å²) in [5, 5.41) is 8.74. The lowest BCUT2D eigenvalue weighted by molar-refractivity contribution is 0.440. The van der Waals surface area contributed by atoms with Gasteiger partial charge < -0.3 is 8.92 Å². The molecule has 0 radical (unpaired) electrons. The number of halogens is 1. The first-order valence-electron chi connectivity index (χ1n) is 7.86. The smallest absolute Gasteiger partial charge is 0.339 e. The first kappa shape index (κ1) is 18.4. The second-order valence-electron chi connectivity index (χ2n) is 5.68. The molecular formula is C20H14FNO4S. The maximum atomic E-state index is 13.9. The van der Waals surface area contributed by atoms with Crippen molar-refractivity contribution in [3.8, 4) is 23.3 Å². The Labute approximate surface area is 156 Å². The fraction of sp³-hybridized carbons (Fsp3) is 0.0500. The molecule has 0 heterocycles. The van der Waals surface area contributed by atoms with Gasteiger partial charge in [0.2, 0.25) is 0 Å². The van der Waals surface area contributed by atoms with Crippen molar-refractivity contribution in [3.05, 3.63) is 83.7 Å². The molecule has 3 rings (SSSR count). The van der Waals surface area contributed by atoms with E-state index in [2.05, 4.69) is 0 Å². The van der Waals surface area contributed by atoms with Crippen molar-refractivity contribution in [2.24, 2.45) is 0 Å². The molecule has 0 bridgehead atoms. The maximum absolute atomic E-state index is 13.9. The van der Waals surface area contributed by atoms with E-state index in [1.54, 1.807) is 12.1 Å². The Morgan fingerprint density at radius 2 is 1.56 bits per heavy atom. The van der Waals surface area contributed by atoms with Gasteiger partial charge in [-0.2, -0.15) is 13.7 Å². The summed E-state index contributed by atoms with van der Waals surface area (Å²) >= 11 is 0. The molecule has 7 heteroatoms. The van der Waals surface area contributed by atoms with Crippen LogP contribution in [0, 0.1) is 24.1 Å². The predicted molar refractivity (Wildman–Crippen MR) is 96.6 cm³/mol. The van der Waals surface area contributed by atoms with E-state index in [1.165, 1.54) is 48.5 Å². The average molecular weight is 383 g/mol. The van der Waals surface area contributed by atoms with Crippen molar-refractivity contribution in [1.29, 1.82) is 5.26 Å². The van der Waals surface area contributed by atoms with Crippen molar-refractivity contribution < 1.29 is 21.7 Å². The highest BCUT2D eigenvalue weighted by molar-refractivity contribution is 7.87. The highest BCUT2D eigenvalue weighted by Gasteiger charge is 2.16. The predicted octanol–water partition coefficient (Wildman–Crippen LogP) is 4.57. The van der Waals surface area contributed by atoms with Crippen molar-refractivity contribution >= 4 is 10.1 Å². The Bertz CT molecular complexity index is 1100. The molecule has 0 amide bonds. The molecule has 0 atom stereocenters. The number of benzene rings is 3. The Morgan fingerprint density at radius 3 is 2.15 bits per heavy atom. The van der Waals surface area contributed by atoms with Gasteiger partial charge in [0.1, 0.15) is 16.4 Å². The molecule has 3 aromatic carbocycles. The Balaban J connectivity index is 1.74. The third kappa shape index (κ3) is 4.43.